The molecular weight excluding hydrogens is 142 g/mol. The van der Waals surface area contributed by atoms with E-state index in [-0.39, 0.29) is 11.8 Å². The van der Waals surface area contributed by atoms with Crippen LogP contribution in [0.3, 0.4) is 0 Å². The second-order valence-corrected chi connectivity index (χ2v) is 3.36. The highest BCUT2D eigenvalue weighted by Gasteiger charge is 2.01. The van der Waals surface area contributed by atoms with Crippen molar-refractivity contribution in [2.24, 2.45) is 0 Å². The SMILES string of the molecule is CNC(C)CS(=O)(=O)[O-]. The molecular formula is C4H10NO3S-. The van der Waals surface area contributed by atoms with Crippen LogP contribution in [0.25, 0.3) is 0 Å². The van der Waals surface area contributed by atoms with Crippen LogP contribution in [0, 0.1) is 0 Å². The average molecular weight is 152 g/mol. The van der Waals surface area contributed by atoms with Gasteiger partial charge in [-0.15, -0.1) is 0 Å². The molecule has 0 saturated heterocycles. The maximum atomic E-state index is 10.0. The molecule has 1 N–H and O–H groups in total. The first-order valence-corrected chi connectivity index (χ1v) is 4.14. The number of rotatable bonds is 3. The third-order valence-corrected chi connectivity index (χ3v) is 1.86. The molecule has 56 valence electrons. The molecule has 0 amide bonds. The van der Waals surface area contributed by atoms with Crippen LogP contribution in [0.2, 0.25) is 0 Å². The fraction of sp³-hybridized carbons (Fsp3) is 1.00. The molecule has 0 aromatic heterocycles. The molecule has 0 aliphatic rings. The van der Waals surface area contributed by atoms with Crippen molar-refractivity contribution in [1.82, 2.24) is 5.32 Å². The molecule has 5 heteroatoms. The van der Waals surface area contributed by atoms with Crippen molar-refractivity contribution < 1.29 is 13.0 Å². The van der Waals surface area contributed by atoms with E-state index < -0.39 is 10.1 Å². The molecule has 0 saturated carbocycles. The lowest BCUT2D eigenvalue weighted by atomic mass is 10.4. The smallest absolute Gasteiger partial charge is 0.0961 e. The first kappa shape index (κ1) is 8.87. The van der Waals surface area contributed by atoms with Gasteiger partial charge in [-0.1, -0.05) is 0 Å². The summed E-state index contributed by atoms with van der Waals surface area (Å²) in [4.78, 5) is 0. The molecule has 0 aliphatic carbocycles. The highest BCUT2D eigenvalue weighted by molar-refractivity contribution is 7.85. The summed E-state index contributed by atoms with van der Waals surface area (Å²) in [6.07, 6.45) is 0. The van der Waals surface area contributed by atoms with Crippen LogP contribution in [0.15, 0.2) is 0 Å². The highest BCUT2D eigenvalue weighted by atomic mass is 32.2. The summed E-state index contributed by atoms with van der Waals surface area (Å²) in [7, 11) is -2.44. The largest absolute Gasteiger partial charge is 0.748 e. The van der Waals surface area contributed by atoms with Gasteiger partial charge < -0.3 is 9.87 Å². The Bertz CT molecular complexity index is 163. The van der Waals surface area contributed by atoms with Crippen LogP contribution in [-0.4, -0.2) is 31.8 Å². The van der Waals surface area contributed by atoms with Gasteiger partial charge in [0.2, 0.25) is 0 Å². The van der Waals surface area contributed by atoms with E-state index in [9.17, 15) is 13.0 Å². The minimum Gasteiger partial charge on any atom is -0.748 e. The minimum absolute atomic E-state index is 0.257. The van der Waals surface area contributed by atoms with Crippen LogP contribution in [0.4, 0.5) is 0 Å². The third-order valence-electron chi connectivity index (χ3n) is 0.947. The Balaban J connectivity index is 3.75. The Morgan fingerprint density at radius 3 is 2.22 bits per heavy atom. The van der Waals surface area contributed by atoms with E-state index in [2.05, 4.69) is 5.32 Å². The molecule has 4 nitrogen and oxygen atoms in total. The summed E-state index contributed by atoms with van der Waals surface area (Å²) in [6.45, 7) is 1.63. The zero-order valence-electron chi connectivity index (χ0n) is 5.42. The second-order valence-electron chi connectivity index (χ2n) is 1.91. The van der Waals surface area contributed by atoms with Gasteiger partial charge in [-0.3, -0.25) is 0 Å². The molecule has 0 fully saturated rings. The van der Waals surface area contributed by atoms with Crippen LogP contribution < -0.4 is 5.32 Å². The van der Waals surface area contributed by atoms with Crippen molar-refractivity contribution in [2.75, 3.05) is 12.8 Å². The van der Waals surface area contributed by atoms with Gasteiger partial charge in [-0.05, 0) is 14.0 Å². The number of hydrogen-bond acceptors (Lipinski definition) is 4. The second kappa shape index (κ2) is 3.14. The van der Waals surface area contributed by atoms with E-state index >= 15 is 0 Å². The Morgan fingerprint density at radius 2 is 2.11 bits per heavy atom. The molecule has 1 atom stereocenters. The van der Waals surface area contributed by atoms with E-state index in [1.54, 1.807) is 14.0 Å². The lowest BCUT2D eigenvalue weighted by Gasteiger charge is -2.12. The quantitative estimate of drug-likeness (QED) is 0.534. The zero-order valence-corrected chi connectivity index (χ0v) is 6.23. The summed E-state index contributed by atoms with van der Waals surface area (Å²) in [6, 6.07) is -0.257. The van der Waals surface area contributed by atoms with Crippen LogP contribution in [0.1, 0.15) is 6.92 Å². The van der Waals surface area contributed by atoms with E-state index in [4.69, 9.17) is 0 Å². The van der Waals surface area contributed by atoms with Crippen molar-refractivity contribution >= 4 is 10.1 Å². The van der Waals surface area contributed by atoms with Crippen molar-refractivity contribution in [2.45, 2.75) is 13.0 Å². The Labute approximate surface area is 55.0 Å². The van der Waals surface area contributed by atoms with E-state index in [0.29, 0.717) is 0 Å². The van der Waals surface area contributed by atoms with Gasteiger partial charge in [-0.25, -0.2) is 8.42 Å². The van der Waals surface area contributed by atoms with Gasteiger partial charge in [0.1, 0.15) is 0 Å². The Hall–Kier alpha value is -0.130. The third kappa shape index (κ3) is 5.75. The minimum atomic E-state index is -4.05. The number of hydrogen-bond donors (Lipinski definition) is 1. The van der Waals surface area contributed by atoms with Crippen molar-refractivity contribution in [3.8, 4) is 0 Å². The lowest BCUT2D eigenvalue weighted by Crippen LogP contribution is -2.29. The molecule has 0 aromatic carbocycles. The van der Waals surface area contributed by atoms with Crippen LogP contribution >= 0.6 is 0 Å². The highest BCUT2D eigenvalue weighted by Crippen LogP contribution is 1.86. The molecule has 0 radical (unpaired) electrons. The van der Waals surface area contributed by atoms with Gasteiger partial charge in [0, 0.05) is 6.04 Å². The average Bonchev–Trinajstić information content (AvgIpc) is 1.62. The summed E-state index contributed by atoms with van der Waals surface area (Å²) < 4.78 is 30.0. The molecule has 0 rings (SSSR count). The summed E-state index contributed by atoms with van der Waals surface area (Å²) in [5.41, 5.74) is 0. The van der Waals surface area contributed by atoms with Gasteiger partial charge in [0.15, 0.2) is 0 Å². The maximum Gasteiger partial charge on any atom is 0.0961 e. The Kier molecular flexibility index (Phi) is 3.10. The van der Waals surface area contributed by atoms with Crippen molar-refractivity contribution in [3.63, 3.8) is 0 Å². The molecule has 0 bridgehead atoms. The fourth-order valence-corrected chi connectivity index (χ4v) is 1.17. The fourth-order valence-electron chi connectivity index (χ4n) is 0.390. The van der Waals surface area contributed by atoms with Crippen LogP contribution in [-0.2, 0) is 10.1 Å². The normalized spacial score (nSPS) is 15.4. The Morgan fingerprint density at radius 1 is 1.67 bits per heavy atom. The molecule has 1 unspecified atom stereocenters. The van der Waals surface area contributed by atoms with Gasteiger partial charge in [0.25, 0.3) is 0 Å². The summed E-state index contributed by atoms with van der Waals surface area (Å²) in [5, 5.41) is 2.64. The summed E-state index contributed by atoms with van der Waals surface area (Å²) in [5.74, 6) is -0.344. The zero-order chi connectivity index (χ0) is 7.49. The lowest BCUT2D eigenvalue weighted by molar-refractivity contribution is 0.455. The molecule has 0 heterocycles. The number of nitrogens with one attached hydrogen (secondary N) is 1. The van der Waals surface area contributed by atoms with Crippen molar-refractivity contribution in [3.05, 3.63) is 0 Å². The van der Waals surface area contributed by atoms with Crippen molar-refractivity contribution in [1.29, 1.82) is 0 Å². The monoisotopic (exact) mass is 152 g/mol. The standard InChI is InChI=1S/C4H11NO3S/c1-4(5-2)3-9(6,7)8/h4-5H,3H2,1-2H3,(H,6,7,8)/p-1. The van der Waals surface area contributed by atoms with Crippen LogP contribution in [0.5, 0.6) is 0 Å². The van der Waals surface area contributed by atoms with Gasteiger partial charge in [0.05, 0.1) is 15.9 Å². The first-order valence-electron chi connectivity index (χ1n) is 2.56. The maximum absolute atomic E-state index is 10.0. The first-order chi connectivity index (χ1) is 3.95. The summed E-state index contributed by atoms with van der Waals surface area (Å²) >= 11 is 0. The molecule has 0 spiro atoms. The predicted octanol–water partition coefficient (Wildman–Crippen LogP) is -0.861. The van der Waals surface area contributed by atoms with E-state index in [1.807, 2.05) is 0 Å². The van der Waals surface area contributed by atoms with Gasteiger partial charge >= 0.3 is 0 Å². The van der Waals surface area contributed by atoms with Gasteiger partial charge in [-0.2, -0.15) is 0 Å². The molecule has 9 heavy (non-hydrogen) atoms. The topological polar surface area (TPSA) is 69.2 Å². The van der Waals surface area contributed by atoms with E-state index in [1.165, 1.54) is 0 Å². The van der Waals surface area contributed by atoms with E-state index in [0.717, 1.165) is 0 Å². The molecule has 0 aliphatic heterocycles. The predicted molar refractivity (Wildman–Crippen MR) is 33.1 cm³/mol. The molecule has 0 aromatic rings.